The molecule has 1 heterocycles. The van der Waals surface area contributed by atoms with E-state index in [-0.39, 0.29) is 5.82 Å². The van der Waals surface area contributed by atoms with Gasteiger partial charge in [-0.05, 0) is 13.3 Å². The van der Waals surface area contributed by atoms with E-state index in [0.717, 1.165) is 6.54 Å². The Kier molecular flexibility index (Phi) is 2.04. The highest BCUT2D eigenvalue weighted by Gasteiger charge is 2.03. The van der Waals surface area contributed by atoms with Gasteiger partial charge in [0.05, 0.1) is 11.9 Å². The maximum Gasteiger partial charge on any atom is 0.164 e. The van der Waals surface area contributed by atoms with Gasteiger partial charge in [0, 0.05) is 6.54 Å². The maximum absolute atomic E-state index is 12.7. The third-order valence-electron chi connectivity index (χ3n) is 1.45. The molecule has 2 nitrogen and oxygen atoms in total. The van der Waals surface area contributed by atoms with Crippen LogP contribution in [0.3, 0.4) is 0 Å². The molecular weight excluding hydrogens is 131 g/mol. The van der Waals surface area contributed by atoms with Crippen molar-refractivity contribution in [3.05, 3.63) is 17.7 Å². The number of aromatic nitrogens is 2. The molecule has 0 amide bonds. The second-order valence-corrected chi connectivity index (χ2v) is 2.13. The van der Waals surface area contributed by atoms with E-state index in [1.165, 1.54) is 6.20 Å². The van der Waals surface area contributed by atoms with Crippen molar-refractivity contribution in [3.63, 3.8) is 0 Å². The summed E-state index contributed by atoms with van der Waals surface area (Å²) in [6.07, 6.45) is 2.09. The van der Waals surface area contributed by atoms with E-state index in [2.05, 4.69) is 5.10 Å². The molecule has 3 heteroatoms. The molecular formula is C7H11FN2. The molecule has 0 fully saturated rings. The molecule has 10 heavy (non-hydrogen) atoms. The molecule has 1 aromatic rings. The summed E-state index contributed by atoms with van der Waals surface area (Å²) in [5, 5.41) is 3.99. The summed E-state index contributed by atoms with van der Waals surface area (Å²) in [5.74, 6) is -0.190. The van der Waals surface area contributed by atoms with Crippen LogP contribution in [0.25, 0.3) is 0 Å². The van der Waals surface area contributed by atoms with Crippen LogP contribution in [0.4, 0.5) is 4.39 Å². The van der Waals surface area contributed by atoms with Gasteiger partial charge < -0.3 is 0 Å². The average Bonchev–Trinajstić information content (AvgIpc) is 2.30. The molecule has 0 N–H and O–H groups in total. The Bertz CT molecular complexity index is 217. The largest absolute Gasteiger partial charge is 0.270 e. The predicted octanol–water partition coefficient (Wildman–Crippen LogP) is 1.60. The lowest BCUT2D eigenvalue weighted by atomic mass is 10.3. The minimum absolute atomic E-state index is 0.190. The molecule has 0 saturated heterocycles. The van der Waals surface area contributed by atoms with Crippen LogP contribution in [0.5, 0.6) is 0 Å². The first-order chi connectivity index (χ1) is 4.77. The van der Waals surface area contributed by atoms with Gasteiger partial charge in [-0.2, -0.15) is 5.10 Å². The van der Waals surface area contributed by atoms with E-state index in [1.54, 1.807) is 4.68 Å². The first-order valence-corrected chi connectivity index (χ1v) is 3.49. The first kappa shape index (κ1) is 7.25. The molecule has 0 spiro atoms. The summed E-state index contributed by atoms with van der Waals surface area (Å²) in [6.45, 7) is 4.56. The molecule has 0 aliphatic rings. The van der Waals surface area contributed by atoms with Crippen LogP contribution in [0, 0.1) is 5.82 Å². The summed E-state index contributed by atoms with van der Waals surface area (Å²) < 4.78 is 14.3. The average molecular weight is 142 g/mol. The third-order valence-corrected chi connectivity index (χ3v) is 1.45. The van der Waals surface area contributed by atoms with Crippen molar-refractivity contribution in [3.8, 4) is 0 Å². The summed E-state index contributed by atoms with van der Waals surface area (Å²) in [5.41, 5.74) is 0.557. The molecule has 1 aromatic heterocycles. The van der Waals surface area contributed by atoms with Crippen molar-refractivity contribution in [1.82, 2.24) is 9.78 Å². The van der Waals surface area contributed by atoms with Gasteiger partial charge in [0.25, 0.3) is 0 Å². The van der Waals surface area contributed by atoms with Crippen molar-refractivity contribution >= 4 is 0 Å². The van der Waals surface area contributed by atoms with E-state index >= 15 is 0 Å². The number of halogens is 1. The normalized spacial score (nSPS) is 10.3. The summed E-state index contributed by atoms with van der Waals surface area (Å²) in [6, 6.07) is 0. The van der Waals surface area contributed by atoms with Gasteiger partial charge in [0.2, 0.25) is 0 Å². The smallest absolute Gasteiger partial charge is 0.164 e. The lowest BCUT2D eigenvalue weighted by Gasteiger charge is -1.89. The van der Waals surface area contributed by atoms with Gasteiger partial charge >= 0.3 is 0 Å². The Hall–Kier alpha value is -0.860. The van der Waals surface area contributed by atoms with Crippen molar-refractivity contribution in [1.29, 1.82) is 0 Å². The predicted molar refractivity (Wildman–Crippen MR) is 37.2 cm³/mol. The Morgan fingerprint density at radius 1 is 1.60 bits per heavy atom. The fourth-order valence-corrected chi connectivity index (χ4v) is 0.839. The third kappa shape index (κ3) is 1.17. The zero-order valence-corrected chi connectivity index (χ0v) is 6.26. The number of aryl methyl sites for hydroxylation is 2. The maximum atomic E-state index is 12.7. The number of rotatable bonds is 2. The van der Waals surface area contributed by atoms with E-state index < -0.39 is 0 Å². The molecule has 56 valence electrons. The van der Waals surface area contributed by atoms with Crippen molar-refractivity contribution in [2.24, 2.45) is 0 Å². The van der Waals surface area contributed by atoms with E-state index in [1.807, 2.05) is 13.8 Å². The van der Waals surface area contributed by atoms with Gasteiger partial charge in [-0.1, -0.05) is 6.92 Å². The van der Waals surface area contributed by atoms with Crippen LogP contribution in [0.1, 0.15) is 19.5 Å². The second kappa shape index (κ2) is 2.82. The zero-order chi connectivity index (χ0) is 7.56. The highest BCUT2D eigenvalue weighted by molar-refractivity contribution is 5.01. The van der Waals surface area contributed by atoms with Crippen molar-refractivity contribution in [2.45, 2.75) is 26.8 Å². The molecule has 0 aromatic carbocycles. The zero-order valence-electron chi connectivity index (χ0n) is 6.26. The van der Waals surface area contributed by atoms with E-state index in [0.29, 0.717) is 12.1 Å². The molecule has 0 aliphatic carbocycles. The fraction of sp³-hybridized carbons (Fsp3) is 0.571. The Labute approximate surface area is 59.7 Å². The Balaban J connectivity index is 2.92. The van der Waals surface area contributed by atoms with Crippen molar-refractivity contribution in [2.75, 3.05) is 0 Å². The van der Waals surface area contributed by atoms with Crippen LogP contribution < -0.4 is 0 Å². The van der Waals surface area contributed by atoms with Crippen LogP contribution in [0.15, 0.2) is 6.20 Å². The van der Waals surface area contributed by atoms with Gasteiger partial charge in [-0.15, -0.1) is 0 Å². The highest BCUT2D eigenvalue weighted by atomic mass is 19.1. The van der Waals surface area contributed by atoms with Crippen molar-refractivity contribution < 1.29 is 4.39 Å². The molecule has 0 atom stereocenters. The number of nitrogens with zero attached hydrogens (tertiary/aromatic N) is 2. The van der Waals surface area contributed by atoms with Crippen LogP contribution in [-0.4, -0.2) is 9.78 Å². The number of hydrogen-bond donors (Lipinski definition) is 0. The molecule has 1 rings (SSSR count). The Morgan fingerprint density at radius 3 is 2.60 bits per heavy atom. The quantitative estimate of drug-likeness (QED) is 0.613. The first-order valence-electron chi connectivity index (χ1n) is 3.49. The number of hydrogen-bond acceptors (Lipinski definition) is 1. The van der Waals surface area contributed by atoms with Crippen LogP contribution in [0.2, 0.25) is 0 Å². The topological polar surface area (TPSA) is 17.8 Å². The van der Waals surface area contributed by atoms with E-state index in [4.69, 9.17) is 0 Å². The minimum atomic E-state index is -0.190. The summed E-state index contributed by atoms with van der Waals surface area (Å²) in [7, 11) is 0. The Morgan fingerprint density at radius 2 is 2.30 bits per heavy atom. The lowest BCUT2D eigenvalue weighted by Crippen LogP contribution is -1.94. The highest BCUT2D eigenvalue weighted by Crippen LogP contribution is 2.03. The fourth-order valence-electron chi connectivity index (χ4n) is 0.839. The lowest BCUT2D eigenvalue weighted by molar-refractivity contribution is 0.608. The van der Waals surface area contributed by atoms with Gasteiger partial charge in [-0.25, -0.2) is 4.39 Å². The molecule has 0 aliphatic heterocycles. The monoisotopic (exact) mass is 142 g/mol. The second-order valence-electron chi connectivity index (χ2n) is 2.13. The van der Waals surface area contributed by atoms with E-state index in [9.17, 15) is 4.39 Å². The molecule has 0 bridgehead atoms. The van der Waals surface area contributed by atoms with Gasteiger partial charge in [0.1, 0.15) is 0 Å². The summed E-state index contributed by atoms with van der Waals surface area (Å²) in [4.78, 5) is 0. The van der Waals surface area contributed by atoms with Gasteiger partial charge in [0.15, 0.2) is 5.82 Å². The van der Waals surface area contributed by atoms with Crippen LogP contribution in [-0.2, 0) is 13.0 Å². The SMILES string of the molecule is CCc1nn(CC)cc1F. The van der Waals surface area contributed by atoms with Gasteiger partial charge in [-0.3, -0.25) is 4.68 Å². The molecule has 0 saturated carbocycles. The standard InChI is InChI=1S/C7H11FN2/c1-3-7-6(8)5-10(4-2)9-7/h5H,3-4H2,1-2H3. The minimum Gasteiger partial charge on any atom is -0.270 e. The van der Waals surface area contributed by atoms with Crippen LogP contribution >= 0.6 is 0 Å². The molecule has 0 radical (unpaired) electrons. The molecule has 0 unspecified atom stereocenters. The summed E-state index contributed by atoms with van der Waals surface area (Å²) >= 11 is 0.